The molecule has 5 nitrogen and oxygen atoms in total. The summed E-state index contributed by atoms with van der Waals surface area (Å²) in [4.78, 5) is 0.136. The molecule has 1 unspecified atom stereocenters. The summed E-state index contributed by atoms with van der Waals surface area (Å²) in [6, 6.07) is 8.78. The van der Waals surface area contributed by atoms with Gasteiger partial charge in [0.15, 0.2) is 0 Å². The molecular weight excluding hydrogens is 286 g/mol. The summed E-state index contributed by atoms with van der Waals surface area (Å²) in [5.41, 5.74) is 0.225. The molecule has 1 saturated carbocycles. The second kappa shape index (κ2) is 5.76. The first-order valence-corrected chi connectivity index (χ1v) is 8.81. The lowest BCUT2D eigenvalue weighted by Gasteiger charge is -2.25. The average Bonchev–Trinajstić information content (AvgIpc) is 3.20. The van der Waals surface area contributed by atoms with Gasteiger partial charge >= 0.3 is 0 Å². The van der Waals surface area contributed by atoms with Gasteiger partial charge in [0.1, 0.15) is 6.07 Å². The zero-order valence-electron chi connectivity index (χ0n) is 11.8. The molecule has 2 fully saturated rings. The van der Waals surface area contributed by atoms with Gasteiger partial charge in [-0.1, -0.05) is 12.1 Å². The van der Waals surface area contributed by atoms with Crippen LogP contribution in [0.15, 0.2) is 29.2 Å². The van der Waals surface area contributed by atoms with Crippen LogP contribution in [0.5, 0.6) is 0 Å². The van der Waals surface area contributed by atoms with Crippen LogP contribution in [0, 0.1) is 11.3 Å². The van der Waals surface area contributed by atoms with E-state index in [2.05, 4.69) is 5.32 Å². The number of hydrogen-bond donors (Lipinski definition) is 1. The molecule has 112 valence electrons. The average molecular weight is 305 g/mol. The molecule has 1 N–H and O–H groups in total. The first kappa shape index (κ1) is 14.5. The summed E-state index contributed by atoms with van der Waals surface area (Å²) in [5, 5.41) is 12.5. The first-order chi connectivity index (χ1) is 10.1. The fraction of sp³-hybridized carbons (Fsp3) is 0.533. The lowest BCUT2D eigenvalue weighted by Crippen LogP contribution is -2.42. The standard InChI is InChI=1S/C15H19N3O2S/c16-10-12-4-1-2-6-15(12)21(19,20)18(14-7-8-14)11-13-5-3-9-17-13/h1-2,4,6,13-14,17H,3,5,7-9,11H2. The molecule has 6 heteroatoms. The molecule has 0 radical (unpaired) electrons. The summed E-state index contributed by atoms with van der Waals surface area (Å²) in [6.07, 6.45) is 3.94. The maximum Gasteiger partial charge on any atom is 0.244 e. The van der Waals surface area contributed by atoms with Gasteiger partial charge in [0.05, 0.1) is 10.5 Å². The van der Waals surface area contributed by atoms with Crippen molar-refractivity contribution in [2.45, 2.75) is 42.7 Å². The third-order valence-electron chi connectivity index (χ3n) is 4.11. The molecular formula is C15H19N3O2S. The van der Waals surface area contributed by atoms with Gasteiger partial charge in [0.2, 0.25) is 10.0 Å². The Morgan fingerprint density at radius 2 is 2.05 bits per heavy atom. The van der Waals surface area contributed by atoms with Crippen LogP contribution in [0.3, 0.4) is 0 Å². The molecule has 1 aromatic carbocycles. The summed E-state index contributed by atoms with van der Waals surface area (Å²) < 4.78 is 27.5. The maximum atomic E-state index is 12.9. The van der Waals surface area contributed by atoms with Crippen molar-refractivity contribution in [1.82, 2.24) is 9.62 Å². The third kappa shape index (κ3) is 2.95. The molecule has 1 aliphatic carbocycles. The van der Waals surface area contributed by atoms with Crippen LogP contribution in [0.1, 0.15) is 31.2 Å². The Morgan fingerprint density at radius 3 is 2.67 bits per heavy atom. The lowest BCUT2D eigenvalue weighted by molar-refractivity contribution is 0.363. The summed E-state index contributed by atoms with van der Waals surface area (Å²) in [5.74, 6) is 0. The Kier molecular flexibility index (Phi) is 3.98. The highest BCUT2D eigenvalue weighted by molar-refractivity contribution is 7.89. The number of sulfonamides is 1. The Morgan fingerprint density at radius 1 is 1.29 bits per heavy atom. The molecule has 0 spiro atoms. The summed E-state index contributed by atoms with van der Waals surface area (Å²) in [7, 11) is -3.60. The van der Waals surface area contributed by atoms with Gasteiger partial charge in [-0.15, -0.1) is 0 Å². The Balaban J connectivity index is 1.91. The van der Waals surface area contributed by atoms with Crippen molar-refractivity contribution >= 4 is 10.0 Å². The van der Waals surface area contributed by atoms with Crippen molar-refractivity contribution in [1.29, 1.82) is 5.26 Å². The minimum atomic E-state index is -3.60. The highest BCUT2D eigenvalue weighted by Crippen LogP contribution is 2.33. The van der Waals surface area contributed by atoms with Gasteiger partial charge in [-0.3, -0.25) is 0 Å². The summed E-state index contributed by atoms with van der Waals surface area (Å²) in [6.45, 7) is 1.46. The first-order valence-electron chi connectivity index (χ1n) is 7.37. The Hall–Kier alpha value is -1.42. The van der Waals surface area contributed by atoms with Crippen LogP contribution in [0.4, 0.5) is 0 Å². The van der Waals surface area contributed by atoms with E-state index < -0.39 is 10.0 Å². The van der Waals surface area contributed by atoms with E-state index in [-0.39, 0.29) is 22.5 Å². The molecule has 0 bridgehead atoms. The van der Waals surface area contributed by atoms with E-state index in [0.29, 0.717) is 6.54 Å². The molecule has 0 aromatic heterocycles. The van der Waals surface area contributed by atoms with Crippen LogP contribution in [-0.2, 0) is 10.0 Å². The SMILES string of the molecule is N#Cc1ccccc1S(=O)(=O)N(CC1CCCN1)C1CC1. The topological polar surface area (TPSA) is 73.2 Å². The van der Waals surface area contributed by atoms with Crippen molar-refractivity contribution in [2.24, 2.45) is 0 Å². The van der Waals surface area contributed by atoms with E-state index in [0.717, 1.165) is 32.2 Å². The second-order valence-electron chi connectivity index (χ2n) is 5.71. The van der Waals surface area contributed by atoms with Crippen LogP contribution >= 0.6 is 0 Å². The molecule has 3 rings (SSSR count). The van der Waals surface area contributed by atoms with Crippen LogP contribution in [0.25, 0.3) is 0 Å². The molecule has 21 heavy (non-hydrogen) atoms. The Labute approximate surface area is 125 Å². The highest BCUT2D eigenvalue weighted by atomic mass is 32.2. The number of hydrogen-bond acceptors (Lipinski definition) is 4. The van der Waals surface area contributed by atoms with Gasteiger partial charge < -0.3 is 5.32 Å². The summed E-state index contributed by atoms with van der Waals surface area (Å²) >= 11 is 0. The van der Waals surface area contributed by atoms with Crippen LogP contribution in [-0.4, -0.2) is 37.9 Å². The lowest BCUT2D eigenvalue weighted by atomic mass is 10.2. The van der Waals surface area contributed by atoms with E-state index in [1.165, 1.54) is 6.07 Å². The van der Waals surface area contributed by atoms with Crippen LogP contribution < -0.4 is 5.32 Å². The van der Waals surface area contributed by atoms with Crippen molar-refractivity contribution in [3.05, 3.63) is 29.8 Å². The number of nitrogens with zero attached hydrogens (tertiary/aromatic N) is 2. The largest absolute Gasteiger partial charge is 0.313 e. The molecule has 2 aliphatic rings. The smallest absolute Gasteiger partial charge is 0.244 e. The van der Waals surface area contributed by atoms with E-state index in [4.69, 9.17) is 5.26 Å². The zero-order valence-corrected chi connectivity index (χ0v) is 12.6. The van der Waals surface area contributed by atoms with Gasteiger partial charge in [-0.25, -0.2) is 8.42 Å². The maximum absolute atomic E-state index is 12.9. The van der Waals surface area contributed by atoms with E-state index >= 15 is 0 Å². The fourth-order valence-electron chi connectivity index (χ4n) is 2.85. The zero-order chi connectivity index (χ0) is 14.9. The normalized spacial score (nSPS) is 22.4. The van der Waals surface area contributed by atoms with Crippen molar-refractivity contribution < 1.29 is 8.42 Å². The van der Waals surface area contributed by atoms with Gasteiger partial charge in [0.25, 0.3) is 0 Å². The van der Waals surface area contributed by atoms with E-state index in [1.807, 2.05) is 6.07 Å². The monoisotopic (exact) mass is 305 g/mol. The number of nitriles is 1. The molecule has 1 aliphatic heterocycles. The van der Waals surface area contributed by atoms with Crippen molar-refractivity contribution in [3.8, 4) is 6.07 Å². The van der Waals surface area contributed by atoms with E-state index in [1.54, 1.807) is 22.5 Å². The van der Waals surface area contributed by atoms with Crippen molar-refractivity contribution in [2.75, 3.05) is 13.1 Å². The molecule has 1 saturated heterocycles. The second-order valence-corrected chi connectivity index (χ2v) is 7.57. The number of nitrogens with one attached hydrogen (secondary N) is 1. The Bertz CT molecular complexity index is 656. The van der Waals surface area contributed by atoms with E-state index in [9.17, 15) is 8.42 Å². The number of rotatable bonds is 5. The van der Waals surface area contributed by atoms with Gasteiger partial charge in [0, 0.05) is 18.6 Å². The molecule has 1 aromatic rings. The van der Waals surface area contributed by atoms with Gasteiger partial charge in [-0.2, -0.15) is 9.57 Å². The fourth-order valence-corrected chi connectivity index (χ4v) is 4.72. The number of benzene rings is 1. The highest BCUT2D eigenvalue weighted by Gasteiger charge is 2.40. The predicted molar refractivity (Wildman–Crippen MR) is 79.1 cm³/mol. The molecule has 0 amide bonds. The van der Waals surface area contributed by atoms with Crippen molar-refractivity contribution in [3.63, 3.8) is 0 Å². The minimum Gasteiger partial charge on any atom is -0.313 e. The van der Waals surface area contributed by atoms with Crippen LogP contribution in [0.2, 0.25) is 0 Å². The quantitative estimate of drug-likeness (QED) is 0.894. The molecule has 1 heterocycles. The predicted octanol–water partition coefficient (Wildman–Crippen LogP) is 1.46. The third-order valence-corrected chi connectivity index (χ3v) is 6.09. The molecule has 1 atom stereocenters. The minimum absolute atomic E-state index is 0.101. The van der Waals surface area contributed by atoms with Gasteiger partial charge in [-0.05, 0) is 44.4 Å².